The first kappa shape index (κ1) is 12.7. The Kier molecular flexibility index (Phi) is 3.67. The Morgan fingerprint density at radius 1 is 1.29 bits per heavy atom. The third-order valence-electron chi connectivity index (χ3n) is 3.24. The summed E-state index contributed by atoms with van der Waals surface area (Å²) in [5.74, 6) is -0.0716. The Bertz CT molecular complexity index is 391. The number of carbonyl (C=O) groups excluding carboxylic acids is 1. The minimum atomic E-state index is -4.05. The average molecular weight is 263 g/mol. The van der Waals surface area contributed by atoms with Gasteiger partial charge in [-0.2, -0.15) is 8.42 Å². The summed E-state index contributed by atoms with van der Waals surface area (Å²) >= 11 is 0. The molecule has 0 unspecified atom stereocenters. The van der Waals surface area contributed by atoms with Crippen LogP contribution in [0.5, 0.6) is 0 Å². The molecule has 2 rings (SSSR count). The van der Waals surface area contributed by atoms with Crippen molar-refractivity contribution in [3.05, 3.63) is 0 Å². The summed E-state index contributed by atoms with van der Waals surface area (Å²) in [6.07, 6.45) is 0.154. The maximum absolute atomic E-state index is 12.0. The first-order valence-electron chi connectivity index (χ1n) is 5.67. The molecule has 2 aliphatic rings. The van der Waals surface area contributed by atoms with E-state index in [9.17, 15) is 13.2 Å². The second-order valence-electron chi connectivity index (χ2n) is 4.41. The SMILES string of the molecule is O=C([C@@H]1C[C@@H](S(=O)(=O)O)CN1)N1CCNCC1. The van der Waals surface area contributed by atoms with Crippen LogP contribution < -0.4 is 10.6 Å². The van der Waals surface area contributed by atoms with Gasteiger partial charge in [-0.15, -0.1) is 0 Å². The Labute approximate surface area is 100 Å². The van der Waals surface area contributed by atoms with Gasteiger partial charge in [0.25, 0.3) is 10.1 Å². The Morgan fingerprint density at radius 3 is 2.47 bits per heavy atom. The molecule has 0 aromatic rings. The van der Waals surface area contributed by atoms with E-state index >= 15 is 0 Å². The summed E-state index contributed by atoms with van der Waals surface area (Å²) in [6, 6.07) is -0.486. The second kappa shape index (κ2) is 4.89. The zero-order chi connectivity index (χ0) is 12.5. The quantitative estimate of drug-likeness (QED) is 0.500. The lowest BCUT2D eigenvalue weighted by molar-refractivity contribution is -0.133. The van der Waals surface area contributed by atoms with Crippen molar-refractivity contribution in [1.82, 2.24) is 15.5 Å². The standard InChI is InChI=1S/C9H17N3O4S/c13-9(12-3-1-10-2-4-12)8-5-7(6-11-8)17(14,15)16/h7-8,10-11H,1-6H2,(H,14,15,16)/t7-,8+/m1/s1. The van der Waals surface area contributed by atoms with Crippen LogP contribution in [0.4, 0.5) is 0 Å². The lowest BCUT2D eigenvalue weighted by Gasteiger charge is -2.29. The van der Waals surface area contributed by atoms with Crippen LogP contribution >= 0.6 is 0 Å². The number of nitrogens with zero attached hydrogens (tertiary/aromatic N) is 1. The molecule has 2 fully saturated rings. The van der Waals surface area contributed by atoms with Gasteiger partial charge < -0.3 is 15.5 Å². The highest BCUT2D eigenvalue weighted by Crippen LogP contribution is 2.16. The average Bonchev–Trinajstić information content (AvgIpc) is 2.78. The fraction of sp³-hybridized carbons (Fsp3) is 0.889. The number of hydrogen-bond acceptors (Lipinski definition) is 5. The van der Waals surface area contributed by atoms with Gasteiger partial charge in [0, 0.05) is 32.7 Å². The molecule has 7 nitrogen and oxygen atoms in total. The van der Waals surface area contributed by atoms with E-state index in [1.165, 1.54) is 0 Å². The Morgan fingerprint density at radius 2 is 1.94 bits per heavy atom. The van der Waals surface area contributed by atoms with E-state index in [1.54, 1.807) is 4.90 Å². The molecule has 0 aliphatic carbocycles. The summed E-state index contributed by atoms with van der Waals surface area (Å²) in [4.78, 5) is 13.8. The normalized spacial score (nSPS) is 30.5. The molecule has 0 bridgehead atoms. The lowest BCUT2D eigenvalue weighted by atomic mass is 10.2. The van der Waals surface area contributed by atoms with Crippen molar-refractivity contribution in [2.45, 2.75) is 17.7 Å². The molecule has 1 amide bonds. The smallest absolute Gasteiger partial charge is 0.269 e. The summed E-state index contributed by atoms with van der Waals surface area (Å²) in [7, 11) is -4.05. The molecule has 0 saturated carbocycles. The molecule has 0 radical (unpaired) electrons. The lowest BCUT2D eigenvalue weighted by Crippen LogP contribution is -2.51. The van der Waals surface area contributed by atoms with Crippen LogP contribution in [-0.4, -0.2) is 67.8 Å². The van der Waals surface area contributed by atoms with Gasteiger partial charge in [-0.1, -0.05) is 0 Å². The van der Waals surface area contributed by atoms with Crippen LogP contribution in [0.3, 0.4) is 0 Å². The van der Waals surface area contributed by atoms with Crippen molar-refractivity contribution in [2.75, 3.05) is 32.7 Å². The van der Waals surface area contributed by atoms with Gasteiger partial charge in [0.15, 0.2) is 0 Å². The predicted molar refractivity (Wildman–Crippen MR) is 61.2 cm³/mol. The first-order valence-corrected chi connectivity index (χ1v) is 7.18. The molecule has 2 heterocycles. The van der Waals surface area contributed by atoms with Gasteiger partial charge in [-0.3, -0.25) is 9.35 Å². The largest absolute Gasteiger partial charge is 0.339 e. The fourth-order valence-electron chi connectivity index (χ4n) is 2.22. The minimum absolute atomic E-state index is 0.0716. The molecule has 2 aliphatic heterocycles. The molecular weight excluding hydrogens is 246 g/mol. The number of amides is 1. The summed E-state index contributed by atoms with van der Waals surface area (Å²) in [5, 5.41) is 5.14. The predicted octanol–water partition coefficient (Wildman–Crippen LogP) is -1.96. The highest BCUT2D eigenvalue weighted by atomic mass is 32.2. The number of carbonyl (C=O) groups is 1. The van der Waals surface area contributed by atoms with Crippen LogP contribution in [0, 0.1) is 0 Å². The van der Waals surface area contributed by atoms with Crippen molar-refractivity contribution in [1.29, 1.82) is 0 Å². The van der Waals surface area contributed by atoms with Crippen molar-refractivity contribution < 1.29 is 17.8 Å². The summed E-state index contributed by atoms with van der Waals surface area (Å²) < 4.78 is 30.8. The summed E-state index contributed by atoms with van der Waals surface area (Å²) in [5.41, 5.74) is 0. The third kappa shape index (κ3) is 2.95. The molecular formula is C9H17N3O4S. The highest BCUT2D eigenvalue weighted by molar-refractivity contribution is 7.86. The van der Waals surface area contributed by atoms with Crippen molar-refractivity contribution in [3.63, 3.8) is 0 Å². The van der Waals surface area contributed by atoms with Crippen LogP contribution in [0.25, 0.3) is 0 Å². The highest BCUT2D eigenvalue weighted by Gasteiger charge is 2.38. The number of nitrogens with one attached hydrogen (secondary N) is 2. The van der Waals surface area contributed by atoms with Gasteiger partial charge in [-0.25, -0.2) is 0 Å². The van der Waals surface area contributed by atoms with E-state index in [2.05, 4.69) is 10.6 Å². The van der Waals surface area contributed by atoms with Crippen molar-refractivity contribution in [3.8, 4) is 0 Å². The van der Waals surface area contributed by atoms with E-state index in [0.717, 1.165) is 13.1 Å². The van der Waals surface area contributed by atoms with Crippen LogP contribution in [0.1, 0.15) is 6.42 Å². The molecule has 98 valence electrons. The second-order valence-corrected chi connectivity index (χ2v) is 6.11. The van der Waals surface area contributed by atoms with Crippen LogP contribution in [-0.2, 0) is 14.9 Å². The molecule has 0 spiro atoms. The van der Waals surface area contributed by atoms with Crippen LogP contribution in [0.15, 0.2) is 0 Å². The van der Waals surface area contributed by atoms with Gasteiger partial charge in [-0.05, 0) is 6.42 Å². The van der Waals surface area contributed by atoms with Gasteiger partial charge >= 0.3 is 0 Å². The van der Waals surface area contributed by atoms with E-state index in [-0.39, 0.29) is 18.9 Å². The molecule has 0 aromatic carbocycles. The Hall–Kier alpha value is -0.700. The summed E-state index contributed by atoms with van der Waals surface area (Å²) in [6.45, 7) is 2.96. The minimum Gasteiger partial charge on any atom is -0.339 e. The third-order valence-corrected chi connectivity index (χ3v) is 4.44. The fourth-order valence-corrected chi connectivity index (χ4v) is 2.97. The molecule has 17 heavy (non-hydrogen) atoms. The maximum Gasteiger partial charge on any atom is 0.269 e. The van der Waals surface area contributed by atoms with Gasteiger partial charge in [0.05, 0.1) is 6.04 Å². The van der Waals surface area contributed by atoms with E-state index < -0.39 is 21.4 Å². The zero-order valence-electron chi connectivity index (χ0n) is 9.42. The monoisotopic (exact) mass is 263 g/mol. The zero-order valence-corrected chi connectivity index (χ0v) is 10.2. The molecule has 3 N–H and O–H groups in total. The molecule has 2 saturated heterocycles. The van der Waals surface area contributed by atoms with Crippen molar-refractivity contribution in [2.24, 2.45) is 0 Å². The first-order chi connectivity index (χ1) is 7.98. The van der Waals surface area contributed by atoms with Crippen molar-refractivity contribution >= 4 is 16.0 Å². The van der Waals surface area contributed by atoms with Gasteiger partial charge in [0.2, 0.25) is 5.91 Å². The van der Waals surface area contributed by atoms with E-state index in [1.807, 2.05) is 0 Å². The van der Waals surface area contributed by atoms with E-state index in [0.29, 0.717) is 13.1 Å². The molecule has 2 atom stereocenters. The number of rotatable bonds is 2. The van der Waals surface area contributed by atoms with Crippen LogP contribution in [0.2, 0.25) is 0 Å². The molecule has 0 aromatic heterocycles. The maximum atomic E-state index is 12.0. The van der Waals surface area contributed by atoms with E-state index in [4.69, 9.17) is 4.55 Å². The molecule has 8 heteroatoms. The topological polar surface area (TPSA) is 98.7 Å². The number of hydrogen-bond donors (Lipinski definition) is 3. The van der Waals surface area contributed by atoms with Gasteiger partial charge in [0.1, 0.15) is 5.25 Å². The Balaban J connectivity index is 1.93. The number of piperazine rings is 1.